The number of aromatic nitrogens is 2. The minimum atomic E-state index is 0.252. The Morgan fingerprint density at radius 3 is 2.64 bits per heavy atom. The van der Waals surface area contributed by atoms with Crippen molar-refractivity contribution >= 4 is 0 Å². The van der Waals surface area contributed by atoms with Crippen LogP contribution in [0.3, 0.4) is 0 Å². The molecule has 0 saturated carbocycles. The maximum Gasteiger partial charge on any atom is 0.115 e. The summed E-state index contributed by atoms with van der Waals surface area (Å²) in [5.74, 6) is 0.252. The molecule has 4 heteroatoms. The number of rotatable bonds is 2. The topological polar surface area (TPSA) is 74.9 Å². The van der Waals surface area contributed by atoms with Gasteiger partial charge in [-0.2, -0.15) is 5.10 Å². The van der Waals surface area contributed by atoms with Gasteiger partial charge in [0.15, 0.2) is 0 Å². The summed E-state index contributed by atoms with van der Waals surface area (Å²) in [5.41, 5.74) is 8.40. The molecule has 0 fully saturated rings. The molecule has 2 rings (SSSR count). The van der Waals surface area contributed by atoms with E-state index in [1.54, 1.807) is 18.3 Å². The van der Waals surface area contributed by atoms with Crippen LogP contribution >= 0.6 is 0 Å². The Labute approximate surface area is 81.4 Å². The second kappa shape index (κ2) is 3.51. The second-order valence-corrected chi connectivity index (χ2v) is 3.02. The minimum Gasteiger partial charge on any atom is -0.508 e. The fraction of sp³-hybridized carbons (Fsp3) is 0.100. The number of nitrogens with zero attached hydrogens (tertiary/aromatic N) is 1. The van der Waals surface area contributed by atoms with Crippen LogP contribution in [0.15, 0.2) is 30.5 Å². The van der Waals surface area contributed by atoms with Crippen molar-refractivity contribution in [2.24, 2.45) is 5.73 Å². The predicted molar refractivity (Wildman–Crippen MR) is 53.6 cm³/mol. The van der Waals surface area contributed by atoms with E-state index in [1.807, 2.05) is 12.1 Å². The zero-order valence-electron chi connectivity index (χ0n) is 7.57. The van der Waals surface area contributed by atoms with Gasteiger partial charge in [0.1, 0.15) is 5.75 Å². The molecule has 0 unspecified atom stereocenters. The number of phenols is 1. The molecular weight excluding hydrogens is 178 g/mol. The van der Waals surface area contributed by atoms with Gasteiger partial charge in [-0.15, -0.1) is 0 Å². The highest BCUT2D eigenvalue weighted by Crippen LogP contribution is 2.22. The summed E-state index contributed by atoms with van der Waals surface area (Å²) in [6.07, 6.45) is 1.71. The highest BCUT2D eigenvalue weighted by molar-refractivity contribution is 5.63. The number of hydrogen-bond acceptors (Lipinski definition) is 3. The van der Waals surface area contributed by atoms with E-state index in [1.165, 1.54) is 0 Å². The van der Waals surface area contributed by atoms with E-state index >= 15 is 0 Å². The Kier molecular flexibility index (Phi) is 2.20. The normalized spacial score (nSPS) is 10.4. The van der Waals surface area contributed by atoms with Crippen molar-refractivity contribution in [1.82, 2.24) is 10.2 Å². The van der Waals surface area contributed by atoms with E-state index in [4.69, 9.17) is 10.8 Å². The number of aromatic hydroxyl groups is 1. The predicted octanol–water partition coefficient (Wildman–Crippen LogP) is 1.24. The van der Waals surface area contributed by atoms with Crippen LogP contribution in [0, 0.1) is 0 Å². The highest BCUT2D eigenvalue weighted by Gasteiger charge is 2.05. The van der Waals surface area contributed by atoms with E-state index in [9.17, 15) is 0 Å². The summed E-state index contributed by atoms with van der Waals surface area (Å²) in [7, 11) is 0. The van der Waals surface area contributed by atoms with Crippen LogP contribution in [-0.4, -0.2) is 15.3 Å². The van der Waals surface area contributed by atoms with Gasteiger partial charge in [-0.3, -0.25) is 5.10 Å². The average molecular weight is 189 g/mol. The number of hydrogen-bond donors (Lipinski definition) is 3. The van der Waals surface area contributed by atoms with Crippen LogP contribution in [0.2, 0.25) is 0 Å². The molecule has 4 nitrogen and oxygen atoms in total. The summed E-state index contributed by atoms with van der Waals surface area (Å²) in [5, 5.41) is 15.9. The molecule has 0 amide bonds. The van der Waals surface area contributed by atoms with E-state index < -0.39 is 0 Å². The third-order valence-corrected chi connectivity index (χ3v) is 2.09. The van der Waals surface area contributed by atoms with Crippen molar-refractivity contribution in [3.05, 3.63) is 36.0 Å². The van der Waals surface area contributed by atoms with Crippen molar-refractivity contribution in [3.8, 4) is 17.0 Å². The highest BCUT2D eigenvalue weighted by atomic mass is 16.3. The van der Waals surface area contributed by atoms with Crippen molar-refractivity contribution < 1.29 is 5.11 Å². The molecule has 0 radical (unpaired) electrons. The molecule has 0 aliphatic carbocycles. The fourth-order valence-corrected chi connectivity index (χ4v) is 1.34. The lowest BCUT2D eigenvalue weighted by atomic mass is 10.1. The standard InChI is InChI=1S/C10H11N3O/c11-5-8-6-12-13-10(8)7-1-3-9(14)4-2-7/h1-4,6,14H,5,11H2,(H,12,13). The number of nitrogens with two attached hydrogens (primary N) is 1. The van der Waals surface area contributed by atoms with Gasteiger partial charge < -0.3 is 10.8 Å². The van der Waals surface area contributed by atoms with Gasteiger partial charge in [-0.05, 0) is 24.3 Å². The lowest BCUT2D eigenvalue weighted by Gasteiger charge is -2.00. The first-order valence-electron chi connectivity index (χ1n) is 4.33. The van der Waals surface area contributed by atoms with Crippen molar-refractivity contribution in [2.45, 2.75) is 6.54 Å². The quantitative estimate of drug-likeness (QED) is 0.665. The molecular formula is C10H11N3O. The Hall–Kier alpha value is -1.81. The van der Waals surface area contributed by atoms with Crippen LogP contribution in [0.25, 0.3) is 11.3 Å². The van der Waals surface area contributed by atoms with Crippen LogP contribution in [-0.2, 0) is 6.54 Å². The summed E-state index contributed by atoms with van der Waals surface area (Å²) in [4.78, 5) is 0. The second-order valence-electron chi connectivity index (χ2n) is 3.02. The van der Waals surface area contributed by atoms with Crippen LogP contribution < -0.4 is 5.73 Å². The smallest absolute Gasteiger partial charge is 0.115 e. The van der Waals surface area contributed by atoms with E-state index in [2.05, 4.69) is 10.2 Å². The minimum absolute atomic E-state index is 0.252. The first-order chi connectivity index (χ1) is 6.81. The molecule has 0 bridgehead atoms. The monoisotopic (exact) mass is 189 g/mol. The molecule has 0 saturated heterocycles. The van der Waals surface area contributed by atoms with Crippen LogP contribution in [0.4, 0.5) is 0 Å². The van der Waals surface area contributed by atoms with Gasteiger partial charge in [0.2, 0.25) is 0 Å². The van der Waals surface area contributed by atoms with E-state index in [-0.39, 0.29) is 5.75 Å². The first kappa shape index (κ1) is 8.77. The summed E-state index contributed by atoms with van der Waals surface area (Å²) in [6, 6.07) is 6.91. The Morgan fingerprint density at radius 1 is 1.29 bits per heavy atom. The lowest BCUT2D eigenvalue weighted by molar-refractivity contribution is 0.475. The Bertz CT molecular complexity index is 419. The third kappa shape index (κ3) is 1.47. The first-order valence-corrected chi connectivity index (χ1v) is 4.33. The fourth-order valence-electron chi connectivity index (χ4n) is 1.34. The zero-order chi connectivity index (χ0) is 9.97. The summed E-state index contributed by atoms with van der Waals surface area (Å²) < 4.78 is 0. The molecule has 1 aromatic carbocycles. The maximum absolute atomic E-state index is 9.13. The molecule has 1 aromatic heterocycles. The van der Waals surface area contributed by atoms with Gasteiger partial charge in [0, 0.05) is 17.7 Å². The molecule has 0 spiro atoms. The molecule has 0 aliphatic rings. The zero-order valence-corrected chi connectivity index (χ0v) is 7.57. The lowest BCUT2D eigenvalue weighted by Crippen LogP contribution is -1.96. The number of nitrogens with one attached hydrogen (secondary N) is 1. The van der Waals surface area contributed by atoms with Gasteiger partial charge in [-0.25, -0.2) is 0 Å². The number of aromatic amines is 1. The van der Waals surface area contributed by atoms with Gasteiger partial charge in [-0.1, -0.05) is 0 Å². The molecule has 1 heterocycles. The summed E-state index contributed by atoms with van der Waals surface area (Å²) in [6.45, 7) is 0.451. The van der Waals surface area contributed by atoms with Crippen molar-refractivity contribution in [2.75, 3.05) is 0 Å². The molecule has 4 N–H and O–H groups in total. The number of H-pyrrole nitrogens is 1. The largest absolute Gasteiger partial charge is 0.508 e. The van der Waals surface area contributed by atoms with Crippen LogP contribution in [0.1, 0.15) is 5.56 Å². The van der Waals surface area contributed by atoms with E-state index in [0.29, 0.717) is 6.54 Å². The van der Waals surface area contributed by atoms with Crippen molar-refractivity contribution in [3.63, 3.8) is 0 Å². The van der Waals surface area contributed by atoms with Gasteiger partial charge in [0.05, 0.1) is 11.9 Å². The SMILES string of the molecule is NCc1cn[nH]c1-c1ccc(O)cc1. The molecule has 2 aromatic rings. The summed E-state index contributed by atoms with van der Waals surface area (Å²) >= 11 is 0. The van der Waals surface area contributed by atoms with Gasteiger partial charge in [0.25, 0.3) is 0 Å². The van der Waals surface area contributed by atoms with Crippen molar-refractivity contribution in [1.29, 1.82) is 0 Å². The Morgan fingerprint density at radius 2 is 2.00 bits per heavy atom. The van der Waals surface area contributed by atoms with Gasteiger partial charge >= 0.3 is 0 Å². The van der Waals surface area contributed by atoms with E-state index in [0.717, 1.165) is 16.8 Å². The number of phenolic OH excluding ortho intramolecular Hbond substituents is 1. The van der Waals surface area contributed by atoms with Crippen LogP contribution in [0.5, 0.6) is 5.75 Å². The number of benzene rings is 1. The molecule has 0 aliphatic heterocycles. The molecule has 14 heavy (non-hydrogen) atoms. The Balaban J connectivity index is 2.44. The average Bonchev–Trinajstić information content (AvgIpc) is 2.67. The molecule has 72 valence electrons. The maximum atomic E-state index is 9.13. The molecule has 0 atom stereocenters. The third-order valence-electron chi connectivity index (χ3n) is 2.09.